The molecule has 5 amide bonds. The Morgan fingerprint density at radius 1 is 0.763 bits per heavy atom. The fourth-order valence-corrected chi connectivity index (χ4v) is 7.39. The number of nitrogens with one attached hydrogen (secondary N) is 3. The number of anilines is 1. The van der Waals surface area contributed by atoms with Gasteiger partial charge < -0.3 is 15.1 Å². The van der Waals surface area contributed by atoms with Gasteiger partial charge in [0, 0.05) is 48.5 Å². The van der Waals surface area contributed by atoms with Gasteiger partial charge in [-0.3, -0.25) is 44.3 Å². The lowest BCUT2D eigenvalue weighted by atomic mass is 10.00. The molecule has 1 saturated heterocycles. The van der Waals surface area contributed by atoms with Crippen molar-refractivity contribution < 1.29 is 33.3 Å². The highest BCUT2D eigenvalue weighted by atomic mass is 16.6. The number of carbonyl (C=O) groups excluding carboxylic acids is 5. The van der Waals surface area contributed by atoms with Crippen LogP contribution in [0.4, 0.5) is 11.4 Å². The van der Waals surface area contributed by atoms with Crippen LogP contribution in [-0.2, 0) is 9.59 Å². The van der Waals surface area contributed by atoms with Crippen molar-refractivity contribution in [2.75, 3.05) is 18.4 Å². The summed E-state index contributed by atoms with van der Waals surface area (Å²) < 4.78 is 5.60. The van der Waals surface area contributed by atoms with Gasteiger partial charge in [0.1, 0.15) is 11.7 Å². The maximum Gasteiger partial charge on any atom is 0.269 e. The third kappa shape index (κ3) is 9.61. The molecule has 14 heteroatoms. The average Bonchev–Trinajstić information content (AvgIpc) is 3.88. The van der Waals surface area contributed by atoms with Gasteiger partial charge in [0.05, 0.1) is 28.0 Å². The number of benzene rings is 3. The number of carbonyl (C=O) groups is 5. The van der Waals surface area contributed by atoms with Crippen LogP contribution in [0.3, 0.4) is 0 Å². The Morgan fingerprint density at radius 2 is 1.42 bits per heavy atom. The number of piperidine rings is 1. The lowest BCUT2D eigenvalue weighted by Crippen LogP contribution is -2.54. The molecule has 1 atom stereocenters. The molecule has 2 aliphatic heterocycles. The zero-order valence-corrected chi connectivity index (χ0v) is 32.4. The number of non-ortho nitro benzene ring substituents is 1. The number of imide groups is 2. The van der Waals surface area contributed by atoms with Crippen molar-refractivity contribution in [3.05, 3.63) is 124 Å². The first kappa shape index (κ1) is 40.2. The second-order valence-corrected chi connectivity index (χ2v) is 14.7. The number of rotatable bonds is 18. The smallest absolute Gasteiger partial charge is 0.269 e. The van der Waals surface area contributed by atoms with E-state index in [1.54, 1.807) is 54.8 Å². The number of nitrogens with zero attached hydrogens (tertiary/aromatic N) is 3. The lowest BCUT2D eigenvalue weighted by Gasteiger charge is -2.27. The van der Waals surface area contributed by atoms with Gasteiger partial charge in [-0.05, 0) is 97.1 Å². The van der Waals surface area contributed by atoms with Crippen molar-refractivity contribution >= 4 is 40.9 Å². The molecule has 5 aromatic rings. The molecule has 0 saturated carbocycles. The molecule has 3 N–H and O–H groups in total. The molecule has 14 nitrogen and oxygen atoms in total. The van der Waals surface area contributed by atoms with Crippen molar-refractivity contribution in [3.8, 4) is 33.8 Å². The number of nitro benzene ring substituents is 1. The van der Waals surface area contributed by atoms with Crippen LogP contribution >= 0.6 is 0 Å². The average molecular weight is 797 g/mol. The fourth-order valence-electron chi connectivity index (χ4n) is 7.39. The third-order valence-corrected chi connectivity index (χ3v) is 10.6. The summed E-state index contributed by atoms with van der Waals surface area (Å²) in [6.07, 6.45) is 10.2. The predicted molar refractivity (Wildman–Crippen MR) is 220 cm³/mol. The van der Waals surface area contributed by atoms with E-state index in [2.05, 4.69) is 16.0 Å². The zero-order chi connectivity index (χ0) is 41.3. The summed E-state index contributed by atoms with van der Waals surface area (Å²) in [4.78, 5) is 79.1. The van der Waals surface area contributed by atoms with E-state index in [0.717, 1.165) is 85.2 Å². The third-order valence-electron chi connectivity index (χ3n) is 10.6. The van der Waals surface area contributed by atoms with Gasteiger partial charge in [-0.2, -0.15) is 0 Å². The van der Waals surface area contributed by atoms with Crippen LogP contribution in [0.25, 0.3) is 33.8 Å². The number of hydrogen-bond donors (Lipinski definition) is 3. The summed E-state index contributed by atoms with van der Waals surface area (Å²) in [6, 6.07) is 25.1. The number of pyridine rings is 1. The standard InChI is InChI=1S/C45H44N6O8/c52-41-22-21-39(43(54)49-41)50-44(55)35-20-17-33(28-36(35)45(50)56)46-23-7-5-3-1-2-4-6-8-24-47-42(53)31-13-11-29(12-14-31)32-26-37(30-15-18-34(19-16-30)51(57)58)48-38(27-32)40-10-9-25-59-40/h9-20,25-28,39,46H,1-8,21-24H2,(H,47,53)(H,49,52,54). The minimum absolute atomic E-state index is 0.000866. The molecule has 0 radical (unpaired) electrons. The number of furan rings is 1. The van der Waals surface area contributed by atoms with Crippen molar-refractivity contribution in [2.24, 2.45) is 0 Å². The number of nitro groups is 1. The van der Waals surface area contributed by atoms with Crippen LogP contribution < -0.4 is 16.0 Å². The second kappa shape index (κ2) is 18.5. The Bertz CT molecular complexity index is 2360. The van der Waals surface area contributed by atoms with Crippen molar-refractivity contribution in [1.29, 1.82) is 0 Å². The molecule has 59 heavy (non-hydrogen) atoms. The highest BCUT2D eigenvalue weighted by Gasteiger charge is 2.44. The van der Waals surface area contributed by atoms with E-state index in [4.69, 9.17) is 9.40 Å². The molecule has 3 aromatic carbocycles. The van der Waals surface area contributed by atoms with E-state index in [9.17, 15) is 34.1 Å². The van der Waals surface area contributed by atoms with Crippen LogP contribution in [0.5, 0.6) is 0 Å². The quantitative estimate of drug-likeness (QED) is 0.0339. The molecule has 0 bridgehead atoms. The molecule has 0 aliphatic carbocycles. The summed E-state index contributed by atoms with van der Waals surface area (Å²) in [5.41, 5.74) is 5.56. The Morgan fingerprint density at radius 3 is 2.10 bits per heavy atom. The largest absolute Gasteiger partial charge is 0.463 e. The van der Waals surface area contributed by atoms with Crippen LogP contribution in [0.15, 0.2) is 102 Å². The van der Waals surface area contributed by atoms with Crippen molar-refractivity contribution in [3.63, 3.8) is 0 Å². The molecule has 1 fully saturated rings. The van der Waals surface area contributed by atoms with E-state index < -0.39 is 34.6 Å². The topological polar surface area (TPSA) is 194 Å². The predicted octanol–water partition coefficient (Wildman–Crippen LogP) is 7.95. The molecular weight excluding hydrogens is 753 g/mol. The second-order valence-electron chi connectivity index (χ2n) is 14.7. The van der Waals surface area contributed by atoms with Gasteiger partial charge in [0.25, 0.3) is 23.4 Å². The van der Waals surface area contributed by atoms with Crippen molar-refractivity contribution in [1.82, 2.24) is 20.5 Å². The SMILES string of the molecule is O=C1CCC(N2C(=O)c3ccc(NCCCCCCCCCCNC(=O)c4ccc(-c5cc(-c6ccc([N+](=O)[O-])cc6)nc(-c6ccco6)c5)cc4)cc3C2=O)C(=O)N1. The summed E-state index contributed by atoms with van der Waals surface area (Å²) in [5, 5.41) is 19.7. The van der Waals surface area contributed by atoms with Gasteiger partial charge in [-0.1, -0.05) is 50.7 Å². The molecule has 4 heterocycles. The number of hydrogen-bond acceptors (Lipinski definition) is 10. The highest BCUT2D eigenvalue weighted by Crippen LogP contribution is 2.32. The van der Waals surface area contributed by atoms with Gasteiger partial charge in [0.15, 0.2) is 5.76 Å². The van der Waals surface area contributed by atoms with E-state index >= 15 is 0 Å². The first-order valence-electron chi connectivity index (χ1n) is 20.0. The number of aromatic nitrogens is 1. The molecular formula is C45H44N6O8. The molecule has 7 rings (SSSR count). The summed E-state index contributed by atoms with van der Waals surface area (Å²) in [6.45, 7) is 1.32. The first-order chi connectivity index (χ1) is 28.7. The molecule has 1 unspecified atom stereocenters. The van der Waals surface area contributed by atoms with Gasteiger partial charge >= 0.3 is 0 Å². The first-order valence-corrected chi connectivity index (χ1v) is 20.0. The van der Waals surface area contributed by atoms with Gasteiger partial charge in [0.2, 0.25) is 11.8 Å². The minimum atomic E-state index is -0.979. The maximum atomic E-state index is 13.1. The van der Waals surface area contributed by atoms with E-state index in [0.29, 0.717) is 29.3 Å². The zero-order valence-electron chi connectivity index (χ0n) is 32.4. The monoisotopic (exact) mass is 796 g/mol. The molecule has 2 aliphatic rings. The van der Waals surface area contributed by atoms with E-state index in [1.165, 1.54) is 12.1 Å². The Balaban J connectivity index is 0.785. The summed E-state index contributed by atoms with van der Waals surface area (Å²) in [5.74, 6) is -1.59. The van der Waals surface area contributed by atoms with Crippen LogP contribution in [0, 0.1) is 10.1 Å². The summed E-state index contributed by atoms with van der Waals surface area (Å²) >= 11 is 0. The lowest BCUT2D eigenvalue weighted by molar-refractivity contribution is -0.384. The van der Waals surface area contributed by atoms with Gasteiger partial charge in [-0.25, -0.2) is 4.98 Å². The minimum Gasteiger partial charge on any atom is -0.463 e. The maximum absolute atomic E-state index is 13.1. The Labute approximate surface area is 340 Å². The number of amides is 5. The Hall–Kier alpha value is -6.96. The molecule has 302 valence electrons. The van der Waals surface area contributed by atoms with Gasteiger partial charge in [-0.15, -0.1) is 0 Å². The molecule has 2 aromatic heterocycles. The van der Waals surface area contributed by atoms with Crippen LogP contribution in [-0.4, -0.2) is 63.5 Å². The van der Waals surface area contributed by atoms with Crippen molar-refractivity contribution in [2.45, 2.75) is 70.3 Å². The van der Waals surface area contributed by atoms with E-state index in [1.807, 2.05) is 30.3 Å². The fraction of sp³-hybridized carbons (Fsp3) is 0.289. The number of unbranched alkanes of at least 4 members (excludes halogenated alkanes) is 7. The Kier molecular flexibility index (Phi) is 12.6. The van der Waals surface area contributed by atoms with Crippen LogP contribution in [0.1, 0.15) is 95.3 Å². The molecule has 0 spiro atoms. The normalized spacial score (nSPS) is 14.9. The highest BCUT2D eigenvalue weighted by molar-refractivity contribution is 6.23. The van der Waals surface area contributed by atoms with Crippen LogP contribution in [0.2, 0.25) is 0 Å². The summed E-state index contributed by atoms with van der Waals surface area (Å²) in [7, 11) is 0. The van der Waals surface area contributed by atoms with E-state index in [-0.39, 0.29) is 35.6 Å². The number of fused-ring (bicyclic) bond motifs is 1.